The fourth-order valence-corrected chi connectivity index (χ4v) is 3.90. The molecule has 3 heterocycles. The van der Waals surface area contributed by atoms with Crippen LogP contribution in [0, 0.1) is 0 Å². The number of hydrogen-bond acceptors (Lipinski definition) is 8. The van der Waals surface area contributed by atoms with Crippen molar-refractivity contribution in [3.05, 3.63) is 29.8 Å². The second-order valence-corrected chi connectivity index (χ2v) is 8.21. The molecular formula is C22H32N8. The second kappa shape index (κ2) is 9.73. The Morgan fingerprint density at radius 1 is 0.800 bits per heavy atom. The molecule has 2 aromatic rings. The third kappa shape index (κ3) is 5.17. The molecule has 1 aromatic carbocycles. The molecule has 8 heteroatoms. The Balaban J connectivity index is 1.51. The fourth-order valence-electron chi connectivity index (χ4n) is 3.90. The molecule has 2 aliphatic heterocycles. The molecule has 0 saturated carbocycles. The Kier molecular flexibility index (Phi) is 6.61. The van der Waals surface area contributed by atoms with Gasteiger partial charge in [0.2, 0.25) is 17.8 Å². The summed E-state index contributed by atoms with van der Waals surface area (Å²) in [6.07, 6.45) is 9.11. The number of anilines is 4. The summed E-state index contributed by atoms with van der Waals surface area (Å²) in [4.78, 5) is 20.8. The number of hydrazone groups is 1. The van der Waals surface area contributed by atoms with Gasteiger partial charge in [-0.05, 0) is 56.2 Å². The van der Waals surface area contributed by atoms with Crippen LogP contribution in [-0.2, 0) is 0 Å². The second-order valence-electron chi connectivity index (χ2n) is 8.21. The smallest absolute Gasteiger partial charge is 0.250 e. The van der Waals surface area contributed by atoms with Gasteiger partial charge in [0, 0.05) is 46.0 Å². The minimum Gasteiger partial charge on any atom is -0.378 e. The maximum Gasteiger partial charge on any atom is 0.250 e. The minimum absolute atomic E-state index is 0.507. The number of nitrogens with one attached hydrogen (secondary N) is 1. The summed E-state index contributed by atoms with van der Waals surface area (Å²) < 4.78 is 0. The number of piperidine rings is 2. The largest absolute Gasteiger partial charge is 0.378 e. The van der Waals surface area contributed by atoms with Crippen LogP contribution < -0.4 is 20.1 Å². The Labute approximate surface area is 179 Å². The standard InChI is InChI=1S/C22H32N8/c1-28(2)19-11-9-18(10-12-19)17-23-27-20-24-21(29-13-5-3-6-14-29)26-22(25-20)30-15-7-4-8-16-30/h9-12,17H,3-8,13-16H2,1-2H3,(H,24,25,26,27). The molecule has 0 bridgehead atoms. The van der Waals surface area contributed by atoms with Crippen molar-refractivity contribution in [3.63, 3.8) is 0 Å². The molecule has 2 aliphatic rings. The Bertz CT molecular complexity index is 800. The van der Waals surface area contributed by atoms with Gasteiger partial charge in [-0.1, -0.05) is 12.1 Å². The van der Waals surface area contributed by atoms with Crippen LogP contribution in [-0.4, -0.2) is 61.4 Å². The van der Waals surface area contributed by atoms with Crippen LogP contribution in [0.25, 0.3) is 0 Å². The van der Waals surface area contributed by atoms with Crippen molar-refractivity contribution in [2.24, 2.45) is 5.10 Å². The molecule has 0 amide bonds. The van der Waals surface area contributed by atoms with E-state index in [-0.39, 0.29) is 0 Å². The third-order valence-corrected chi connectivity index (χ3v) is 5.68. The van der Waals surface area contributed by atoms with Crippen LogP contribution in [0.1, 0.15) is 44.1 Å². The summed E-state index contributed by atoms with van der Waals surface area (Å²) in [7, 11) is 4.07. The quantitative estimate of drug-likeness (QED) is 0.580. The van der Waals surface area contributed by atoms with E-state index in [1.54, 1.807) is 6.21 Å². The van der Waals surface area contributed by atoms with Gasteiger partial charge in [-0.3, -0.25) is 0 Å². The molecule has 30 heavy (non-hydrogen) atoms. The van der Waals surface area contributed by atoms with Crippen molar-refractivity contribution in [1.82, 2.24) is 15.0 Å². The van der Waals surface area contributed by atoms with Crippen molar-refractivity contribution >= 4 is 29.7 Å². The van der Waals surface area contributed by atoms with E-state index in [9.17, 15) is 0 Å². The SMILES string of the molecule is CN(C)c1ccc(C=NNc2nc(N3CCCCC3)nc(N3CCCCC3)n2)cc1. The first-order chi connectivity index (χ1) is 14.7. The van der Waals surface area contributed by atoms with Crippen LogP contribution in [0.5, 0.6) is 0 Å². The number of aromatic nitrogens is 3. The van der Waals surface area contributed by atoms with Crippen molar-refractivity contribution in [2.45, 2.75) is 38.5 Å². The lowest BCUT2D eigenvalue weighted by molar-refractivity contribution is 0.556. The van der Waals surface area contributed by atoms with Gasteiger partial charge < -0.3 is 14.7 Å². The minimum atomic E-state index is 0.507. The highest BCUT2D eigenvalue weighted by molar-refractivity contribution is 5.80. The highest BCUT2D eigenvalue weighted by atomic mass is 15.4. The fraction of sp³-hybridized carbons (Fsp3) is 0.545. The molecule has 0 atom stereocenters. The van der Waals surface area contributed by atoms with Gasteiger partial charge >= 0.3 is 0 Å². The van der Waals surface area contributed by atoms with Crippen LogP contribution in [0.15, 0.2) is 29.4 Å². The summed E-state index contributed by atoms with van der Waals surface area (Å²) in [6, 6.07) is 8.25. The van der Waals surface area contributed by atoms with E-state index < -0.39 is 0 Å². The molecule has 2 fully saturated rings. The van der Waals surface area contributed by atoms with Crippen molar-refractivity contribution < 1.29 is 0 Å². The van der Waals surface area contributed by atoms with E-state index >= 15 is 0 Å². The molecule has 8 nitrogen and oxygen atoms in total. The Morgan fingerprint density at radius 3 is 1.83 bits per heavy atom. The summed E-state index contributed by atoms with van der Waals surface area (Å²) >= 11 is 0. The number of nitrogens with zero attached hydrogens (tertiary/aromatic N) is 7. The monoisotopic (exact) mass is 408 g/mol. The summed E-state index contributed by atoms with van der Waals surface area (Å²) in [5, 5.41) is 4.38. The lowest BCUT2D eigenvalue weighted by Crippen LogP contribution is -2.34. The van der Waals surface area contributed by atoms with E-state index in [1.165, 1.54) is 38.5 Å². The van der Waals surface area contributed by atoms with Gasteiger partial charge in [0.25, 0.3) is 0 Å². The zero-order valence-electron chi connectivity index (χ0n) is 18.1. The summed E-state index contributed by atoms with van der Waals surface area (Å²) in [5.41, 5.74) is 5.22. The van der Waals surface area contributed by atoms with E-state index in [4.69, 9.17) is 4.98 Å². The third-order valence-electron chi connectivity index (χ3n) is 5.68. The first-order valence-corrected chi connectivity index (χ1v) is 11.0. The van der Waals surface area contributed by atoms with E-state index in [0.717, 1.165) is 49.3 Å². The average Bonchev–Trinajstić information content (AvgIpc) is 2.80. The van der Waals surface area contributed by atoms with Crippen LogP contribution in [0.2, 0.25) is 0 Å². The Morgan fingerprint density at radius 2 is 1.33 bits per heavy atom. The molecule has 4 rings (SSSR count). The highest BCUT2D eigenvalue weighted by Crippen LogP contribution is 2.22. The molecule has 0 radical (unpaired) electrons. The topological polar surface area (TPSA) is 72.8 Å². The maximum atomic E-state index is 4.81. The van der Waals surface area contributed by atoms with Gasteiger partial charge in [0.15, 0.2) is 0 Å². The van der Waals surface area contributed by atoms with Gasteiger partial charge in [0.05, 0.1) is 6.21 Å². The summed E-state index contributed by atoms with van der Waals surface area (Å²) in [6.45, 7) is 4.02. The van der Waals surface area contributed by atoms with Gasteiger partial charge in [-0.25, -0.2) is 5.43 Å². The van der Waals surface area contributed by atoms with Gasteiger partial charge in [-0.15, -0.1) is 0 Å². The van der Waals surface area contributed by atoms with Crippen molar-refractivity contribution in [2.75, 3.05) is 60.4 Å². The van der Waals surface area contributed by atoms with Gasteiger partial charge in [0.1, 0.15) is 0 Å². The number of rotatable bonds is 6. The molecule has 0 aliphatic carbocycles. The molecule has 160 valence electrons. The van der Waals surface area contributed by atoms with Crippen molar-refractivity contribution in [1.29, 1.82) is 0 Å². The molecule has 2 saturated heterocycles. The first-order valence-electron chi connectivity index (χ1n) is 11.0. The average molecular weight is 409 g/mol. The summed E-state index contributed by atoms with van der Waals surface area (Å²) in [5.74, 6) is 2.03. The molecule has 1 aromatic heterocycles. The zero-order chi connectivity index (χ0) is 20.8. The molecular weight excluding hydrogens is 376 g/mol. The van der Waals surface area contributed by atoms with Crippen LogP contribution >= 0.6 is 0 Å². The lowest BCUT2D eigenvalue weighted by atomic mass is 10.1. The van der Waals surface area contributed by atoms with Crippen LogP contribution in [0.4, 0.5) is 23.5 Å². The predicted molar refractivity (Wildman–Crippen MR) is 124 cm³/mol. The molecule has 0 unspecified atom stereocenters. The number of hydrogen-bond donors (Lipinski definition) is 1. The first kappa shape index (κ1) is 20.4. The highest BCUT2D eigenvalue weighted by Gasteiger charge is 2.20. The van der Waals surface area contributed by atoms with Crippen molar-refractivity contribution in [3.8, 4) is 0 Å². The Hall–Kier alpha value is -2.90. The predicted octanol–water partition coefficient (Wildman–Crippen LogP) is 3.36. The molecule has 1 N–H and O–H groups in total. The van der Waals surface area contributed by atoms with Crippen LogP contribution in [0.3, 0.4) is 0 Å². The van der Waals surface area contributed by atoms with E-state index in [0.29, 0.717) is 5.95 Å². The maximum absolute atomic E-state index is 4.81. The zero-order valence-corrected chi connectivity index (χ0v) is 18.1. The van der Waals surface area contributed by atoms with Gasteiger partial charge in [-0.2, -0.15) is 20.1 Å². The number of benzene rings is 1. The van der Waals surface area contributed by atoms with E-state index in [2.05, 4.69) is 47.3 Å². The van der Waals surface area contributed by atoms with E-state index in [1.807, 2.05) is 26.2 Å². The normalized spacial score (nSPS) is 17.4. The molecule has 0 spiro atoms. The lowest BCUT2D eigenvalue weighted by Gasteiger charge is -2.30.